The molecule has 20 heavy (non-hydrogen) atoms. The Balaban J connectivity index is 2.06. The lowest BCUT2D eigenvalue weighted by Gasteiger charge is -2.27. The van der Waals surface area contributed by atoms with Crippen LogP contribution in [0.3, 0.4) is 0 Å². The SMILES string of the molecule is CCc1c2c(cc(Cl)c1C1CCNCC1)OCCCO2. The van der Waals surface area contributed by atoms with Crippen LogP contribution in [0.25, 0.3) is 0 Å². The molecule has 1 saturated heterocycles. The van der Waals surface area contributed by atoms with Crippen LogP contribution in [0.1, 0.15) is 43.2 Å². The van der Waals surface area contributed by atoms with E-state index in [9.17, 15) is 0 Å². The van der Waals surface area contributed by atoms with Crippen molar-refractivity contribution < 1.29 is 9.47 Å². The Labute approximate surface area is 125 Å². The fourth-order valence-corrected chi connectivity index (χ4v) is 3.62. The van der Waals surface area contributed by atoms with Crippen molar-refractivity contribution in [3.8, 4) is 11.5 Å². The van der Waals surface area contributed by atoms with Gasteiger partial charge < -0.3 is 14.8 Å². The van der Waals surface area contributed by atoms with Gasteiger partial charge in [-0.25, -0.2) is 0 Å². The average Bonchev–Trinajstić information content (AvgIpc) is 2.71. The second-order valence-corrected chi connectivity index (χ2v) is 5.91. The van der Waals surface area contributed by atoms with Crippen LogP contribution in [0.4, 0.5) is 0 Å². The van der Waals surface area contributed by atoms with E-state index in [2.05, 4.69) is 12.2 Å². The molecule has 0 saturated carbocycles. The molecule has 2 aliphatic heterocycles. The summed E-state index contributed by atoms with van der Waals surface area (Å²) >= 11 is 6.58. The lowest BCUT2D eigenvalue weighted by Crippen LogP contribution is -2.27. The van der Waals surface area contributed by atoms with Gasteiger partial charge in [0.25, 0.3) is 0 Å². The van der Waals surface area contributed by atoms with Gasteiger partial charge in [0.05, 0.1) is 13.2 Å². The van der Waals surface area contributed by atoms with E-state index >= 15 is 0 Å². The first-order valence-corrected chi connectivity index (χ1v) is 8.00. The van der Waals surface area contributed by atoms with Crippen molar-refractivity contribution in [1.29, 1.82) is 0 Å². The quantitative estimate of drug-likeness (QED) is 0.905. The van der Waals surface area contributed by atoms with Gasteiger partial charge in [0.2, 0.25) is 0 Å². The first kappa shape index (κ1) is 14.0. The van der Waals surface area contributed by atoms with E-state index in [1.807, 2.05) is 6.07 Å². The van der Waals surface area contributed by atoms with E-state index < -0.39 is 0 Å². The molecule has 3 nitrogen and oxygen atoms in total. The summed E-state index contributed by atoms with van der Waals surface area (Å²) < 4.78 is 11.8. The highest BCUT2D eigenvalue weighted by Crippen LogP contribution is 2.44. The monoisotopic (exact) mass is 295 g/mol. The zero-order valence-corrected chi connectivity index (χ0v) is 12.8. The van der Waals surface area contributed by atoms with E-state index in [0.717, 1.165) is 61.9 Å². The third kappa shape index (κ3) is 2.61. The minimum atomic E-state index is 0.538. The van der Waals surface area contributed by atoms with Crippen molar-refractivity contribution in [2.75, 3.05) is 26.3 Å². The molecule has 0 aliphatic carbocycles. The molecule has 1 fully saturated rings. The lowest BCUT2D eigenvalue weighted by molar-refractivity contribution is 0.296. The maximum Gasteiger partial charge on any atom is 0.164 e. The molecule has 1 aromatic rings. The topological polar surface area (TPSA) is 30.5 Å². The Morgan fingerprint density at radius 1 is 1.25 bits per heavy atom. The molecule has 2 aliphatic rings. The van der Waals surface area contributed by atoms with E-state index in [1.165, 1.54) is 11.1 Å². The summed E-state index contributed by atoms with van der Waals surface area (Å²) in [7, 11) is 0. The van der Waals surface area contributed by atoms with Gasteiger partial charge in [-0.2, -0.15) is 0 Å². The Bertz CT molecular complexity index is 484. The highest BCUT2D eigenvalue weighted by Gasteiger charge is 2.26. The minimum absolute atomic E-state index is 0.538. The smallest absolute Gasteiger partial charge is 0.164 e. The number of hydrogen-bond donors (Lipinski definition) is 1. The van der Waals surface area contributed by atoms with Crippen LogP contribution >= 0.6 is 11.6 Å². The van der Waals surface area contributed by atoms with Crippen LogP contribution in [0.5, 0.6) is 11.5 Å². The van der Waals surface area contributed by atoms with Crippen molar-refractivity contribution in [3.05, 3.63) is 22.2 Å². The minimum Gasteiger partial charge on any atom is -0.489 e. The molecule has 3 rings (SSSR count). The number of rotatable bonds is 2. The molecule has 2 heterocycles. The Kier molecular flexibility index (Phi) is 4.37. The zero-order valence-electron chi connectivity index (χ0n) is 12.0. The van der Waals surface area contributed by atoms with Gasteiger partial charge in [0.15, 0.2) is 11.5 Å². The van der Waals surface area contributed by atoms with Gasteiger partial charge in [0.1, 0.15) is 0 Å². The molecular weight excluding hydrogens is 274 g/mol. The number of halogens is 1. The van der Waals surface area contributed by atoms with E-state index in [0.29, 0.717) is 12.5 Å². The van der Waals surface area contributed by atoms with Crippen LogP contribution in [-0.2, 0) is 6.42 Å². The third-order valence-corrected chi connectivity index (χ3v) is 4.54. The molecule has 0 aromatic heterocycles. The summed E-state index contributed by atoms with van der Waals surface area (Å²) in [6.45, 7) is 5.74. The first-order chi connectivity index (χ1) is 9.81. The number of fused-ring (bicyclic) bond motifs is 1. The molecule has 0 bridgehead atoms. The predicted molar refractivity (Wildman–Crippen MR) is 81.3 cm³/mol. The fraction of sp³-hybridized carbons (Fsp3) is 0.625. The molecule has 0 atom stereocenters. The first-order valence-electron chi connectivity index (χ1n) is 7.62. The average molecular weight is 296 g/mol. The molecule has 0 amide bonds. The fourth-order valence-electron chi connectivity index (χ4n) is 3.26. The van der Waals surface area contributed by atoms with Crippen molar-refractivity contribution in [2.45, 2.75) is 38.5 Å². The number of benzene rings is 1. The second-order valence-electron chi connectivity index (χ2n) is 5.51. The number of piperidine rings is 1. The number of hydrogen-bond acceptors (Lipinski definition) is 3. The van der Waals surface area contributed by atoms with Crippen LogP contribution in [0.15, 0.2) is 6.07 Å². The molecule has 1 N–H and O–H groups in total. The van der Waals surface area contributed by atoms with Crippen molar-refractivity contribution in [3.63, 3.8) is 0 Å². The van der Waals surface area contributed by atoms with Crippen molar-refractivity contribution in [2.24, 2.45) is 0 Å². The van der Waals surface area contributed by atoms with Crippen molar-refractivity contribution >= 4 is 11.6 Å². The van der Waals surface area contributed by atoms with Crippen molar-refractivity contribution in [1.82, 2.24) is 5.32 Å². The molecule has 4 heteroatoms. The predicted octanol–water partition coefficient (Wildman–Crippen LogP) is 3.53. The molecule has 0 radical (unpaired) electrons. The van der Waals surface area contributed by atoms with Gasteiger partial charge in [-0.3, -0.25) is 0 Å². The Morgan fingerprint density at radius 3 is 2.75 bits per heavy atom. The molecule has 1 aromatic carbocycles. The summed E-state index contributed by atoms with van der Waals surface area (Å²) in [5.74, 6) is 2.29. The molecule has 110 valence electrons. The van der Waals surface area contributed by atoms with Gasteiger partial charge in [-0.1, -0.05) is 18.5 Å². The summed E-state index contributed by atoms with van der Waals surface area (Å²) in [6.07, 6.45) is 4.16. The van der Waals surface area contributed by atoms with E-state index in [-0.39, 0.29) is 0 Å². The summed E-state index contributed by atoms with van der Waals surface area (Å²) in [5, 5.41) is 4.26. The van der Waals surface area contributed by atoms with Gasteiger partial charge >= 0.3 is 0 Å². The second kappa shape index (κ2) is 6.23. The molecule has 0 spiro atoms. The number of ether oxygens (including phenoxy) is 2. The molecular formula is C16H22ClNO2. The Hall–Kier alpha value is -0.930. The summed E-state index contributed by atoms with van der Waals surface area (Å²) in [4.78, 5) is 0. The van der Waals surface area contributed by atoms with Gasteiger partial charge in [0, 0.05) is 23.1 Å². The summed E-state index contributed by atoms with van der Waals surface area (Å²) in [6, 6.07) is 1.96. The van der Waals surface area contributed by atoms with E-state index in [4.69, 9.17) is 21.1 Å². The summed E-state index contributed by atoms with van der Waals surface area (Å²) in [5.41, 5.74) is 2.54. The van der Waals surface area contributed by atoms with Crippen LogP contribution in [-0.4, -0.2) is 26.3 Å². The standard InChI is InChI=1S/C16H22ClNO2/c1-2-12-15(11-4-6-18-7-5-11)13(17)10-14-16(12)20-9-3-8-19-14/h10-11,18H,2-9H2,1H3. The number of nitrogens with one attached hydrogen (secondary N) is 1. The van der Waals surface area contributed by atoms with E-state index in [1.54, 1.807) is 0 Å². The highest BCUT2D eigenvalue weighted by molar-refractivity contribution is 6.31. The Morgan fingerprint density at radius 2 is 2.00 bits per heavy atom. The maximum absolute atomic E-state index is 6.58. The van der Waals surface area contributed by atoms with Crippen LogP contribution < -0.4 is 14.8 Å². The van der Waals surface area contributed by atoms with Gasteiger partial charge in [-0.05, 0) is 43.8 Å². The zero-order chi connectivity index (χ0) is 13.9. The third-order valence-electron chi connectivity index (χ3n) is 4.23. The maximum atomic E-state index is 6.58. The van der Waals surface area contributed by atoms with Crippen LogP contribution in [0.2, 0.25) is 5.02 Å². The highest BCUT2D eigenvalue weighted by atomic mass is 35.5. The normalized spacial score (nSPS) is 19.7. The lowest BCUT2D eigenvalue weighted by atomic mass is 9.85. The van der Waals surface area contributed by atoms with Crippen LogP contribution in [0, 0.1) is 0 Å². The largest absolute Gasteiger partial charge is 0.489 e. The molecule has 0 unspecified atom stereocenters. The van der Waals surface area contributed by atoms with Gasteiger partial charge in [-0.15, -0.1) is 0 Å².